The fourth-order valence-corrected chi connectivity index (χ4v) is 1.93. The Morgan fingerprint density at radius 1 is 1.05 bits per heavy atom. The maximum atomic E-state index is 13.0. The van der Waals surface area contributed by atoms with Gasteiger partial charge in [0.1, 0.15) is 17.3 Å². The molecule has 0 saturated carbocycles. The number of nitrogens with two attached hydrogens (primary N) is 1. The van der Waals surface area contributed by atoms with Gasteiger partial charge in [-0.25, -0.2) is 4.39 Å². The monoisotopic (exact) mass is 319 g/mol. The van der Waals surface area contributed by atoms with E-state index < -0.39 is 17.6 Å². The third kappa shape index (κ3) is 3.65. The Labute approximate surface area is 123 Å². The normalized spacial score (nSPS) is 11.5. The second kappa shape index (κ2) is 5.91. The van der Waals surface area contributed by atoms with E-state index in [1.54, 1.807) is 0 Å². The van der Waals surface area contributed by atoms with E-state index in [2.05, 4.69) is 0 Å². The lowest BCUT2D eigenvalue weighted by Gasteiger charge is -2.13. The Balaban J connectivity index is 2.31. The van der Waals surface area contributed by atoms with Crippen LogP contribution in [0.5, 0.6) is 11.5 Å². The zero-order valence-corrected chi connectivity index (χ0v) is 11.3. The molecule has 2 rings (SSSR count). The molecule has 0 heterocycles. The molecule has 0 aromatic heterocycles. The highest BCUT2D eigenvalue weighted by Crippen LogP contribution is 2.35. The van der Waals surface area contributed by atoms with Crippen molar-refractivity contribution in [3.8, 4) is 11.5 Å². The summed E-state index contributed by atoms with van der Waals surface area (Å²) in [5.74, 6) is -0.241. The van der Waals surface area contributed by atoms with E-state index in [-0.39, 0.29) is 28.6 Å². The summed E-state index contributed by atoms with van der Waals surface area (Å²) >= 11 is 5.60. The van der Waals surface area contributed by atoms with Gasteiger partial charge in [0.25, 0.3) is 0 Å². The Kier molecular flexibility index (Phi) is 4.39. The molecule has 0 bridgehead atoms. The molecule has 2 nitrogen and oxygen atoms in total. The van der Waals surface area contributed by atoms with Crippen LogP contribution in [0.25, 0.3) is 0 Å². The van der Waals surface area contributed by atoms with Gasteiger partial charge in [0.15, 0.2) is 0 Å². The average Bonchev–Trinajstić information content (AvgIpc) is 2.41. The standard InChI is InChI=1S/C14H10ClF4NO/c15-12-6-10(2-4-13(12)16)21-9-1-3-11(14(17,18)19)8(5-9)7-20/h1-6H,7,20H2. The lowest BCUT2D eigenvalue weighted by molar-refractivity contribution is -0.138. The molecule has 0 aliphatic rings. The van der Waals surface area contributed by atoms with Crippen molar-refractivity contribution in [2.45, 2.75) is 12.7 Å². The number of hydrogen-bond donors (Lipinski definition) is 1. The predicted molar refractivity (Wildman–Crippen MR) is 70.8 cm³/mol. The highest BCUT2D eigenvalue weighted by Gasteiger charge is 2.33. The van der Waals surface area contributed by atoms with Gasteiger partial charge >= 0.3 is 6.18 Å². The second-order valence-corrected chi connectivity index (χ2v) is 4.61. The number of rotatable bonds is 3. The quantitative estimate of drug-likeness (QED) is 0.829. The van der Waals surface area contributed by atoms with Crippen LogP contribution in [0, 0.1) is 5.82 Å². The Morgan fingerprint density at radius 3 is 2.24 bits per heavy atom. The van der Waals surface area contributed by atoms with Gasteiger partial charge in [0, 0.05) is 12.6 Å². The Bertz CT molecular complexity index is 658. The molecule has 2 N–H and O–H groups in total. The molecule has 21 heavy (non-hydrogen) atoms. The van der Waals surface area contributed by atoms with Gasteiger partial charge in [-0.1, -0.05) is 11.6 Å². The van der Waals surface area contributed by atoms with E-state index >= 15 is 0 Å². The minimum Gasteiger partial charge on any atom is -0.457 e. The van der Waals surface area contributed by atoms with Crippen molar-refractivity contribution in [2.75, 3.05) is 0 Å². The molecule has 0 atom stereocenters. The number of ether oxygens (including phenoxy) is 1. The average molecular weight is 320 g/mol. The van der Waals surface area contributed by atoms with Gasteiger partial charge in [-0.15, -0.1) is 0 Å². The molecular weight excluding hydrogens is 310 g/mol. The first-order valence-electron chi connectivity index (χ1n) is 5.84. The lowest BCUT2D eigenvalue weighted by Crippen LogP contribution is -2.11. The van der Waals surface area contributed by atoms with Crippen molar-refractivity contribution in [3.63, 3.8) is 0 Å². The van der Waals surface area contributed by atoms with E-state index in [0.717, 1.165) is 12.1 Å². The summed E-state index contributed by atoms with van der Waals surface area (Å²) in [5, 5.41) is -0.140. The van der Waals surface area contributed by atoms with Crippen molar-refractivity contribution >= 4 is 11.6 Å². The van der Waals surface area contributed by atoms with Gasteiger partial charge in [0.2, 0.25) is 0 Å². The van der Waals surface area contributed by atoms with Gasteiger partial charge in [0.05, 0.1) is 10.6 Å². The van der Waals surface area contributed by atoms with Crippen molar-refractivity contribution in [2.24, 2.45) is 5.73 Å². The summed E-state index contributed by atoms with van der Waals surface area (Å²) in [5.41, 5.74) is 4.43. The van der Waals surface area contributed by atoms with Crippen LogP contribution >= 0.6 is 11.6 Å². The first-order chi connectivity index (χ1) is 9.81. The highest BCUT2D eigenvalue weighted by atomic mass is 35.5. The fourth-order valence-electron chi connectivity index (χ4n) is 1.76. The molecule has 0 radical (unpaired) electrons. The van der Waals surface area contributed by atoms with Crippen molar-refractivity contribution in [1.29, 1.82) is 0 Å². The van der Waals surface area contributed by atoms with Crippen LogP contribution in [0.4, 0.5) is 17.6 Å². The number of benzene rings is 2. The summed E-state index contributed by atoms with van der Waals surface area (Å²) in [4.78, 5) is 0. The number of halogens is 5. The molecular formula is C14H10ClF4NO. The second-order valence-electron chi connectivity index (χ2n) is 4.20. The van der Waals surface area contributed by atoms with Gasteiger partial charge < -0.3 is 10.5 Å². The van der Waals surface area contributed by atoms with Crippen molar-refractivity contribution in [1.82, 2.24) is 0 Å². The van der Waals surface area contributed by atoms with Crippen LogP contribution in [0.15, 0.2) is 36.4 Å². The fraction of sp³-hybridized carbons (Fsp3) is 0.143. The number of hydrogen-bond acceptors (Lipinski definition) is 2. The molecule has 0 unspecified atom stereocenters. The summed E-state index contributed by atoms with van der Waals surface area (Å²) in [6.07, 6.45) is -4.48. The van der Waals surface area contributed by atoms with Gasteiger partial charge in [-0.05, 0) is 35.9 Å². The van der Waals surface area contributed by atoms with E-state index in [4.69, 9.17) is 22.1 Å². The van der Waals surface area contributed by atoms with Crippen LogP contribution in [-0.4, -0.2) is 0 Å². The molecule has 0 spiro atoms. The molecule has 0 fully saturated rings. The topological polar surface area (TPSA) is 35.2 Å². The summed E-state index contributed by atoms with van der Waals surface area (Å²) in [7, 11) is 0. The molecule has 0 aliphatic carbocycles. The zero-order chi connectivity index (χ0) is 15.6. The van der Waals surface area contributed by atoms with Crippen molar-refractivity contribution < 1.29 is 22.3 Å². The molecule has 2 aromatic rings. The van der Waals surface area contributed by atoms with Crippen LogP contribution < -0.4 is 10.5 Å². The molecule has 0 aliphatic heterocycles. The van der Waals surface area contributed by atoms with E-state index in [9.17, 15) is 17.6 Å². The highest BCUT2D eigenvalue weighted by molar-refractivity contribution is 6.30. The predicted octanol–water partition coefficient (Wildman–Crippen LogP) is 4.75. The summed E-state index contributed by atoms with van der Waals surface area (Å²) < 4.78 is 56.6. The van der Waals surface area contributed by atoms with Gasteiger partial charge in [-0.2, -0.15) is 13.2 Å². The minimum absolute atomic E-state index is 0.0896. The zero-order valence-electron chi connectivity index (χ0n) is 10.5. The molecule has 7 heteroatoms. The number of alkyl halides is 3. The largest absolute Gasteiger partial charge is 0.457 e. The smallest absolute Gasteiger partial charge is 0.416 e. The maximum absolute atomic E-state index is 13.0. The third-order valence-electron chi connectivity index (χ3n) is 2.73. The Hall–Kier alpha value is -1.79. The van der Waals surface area contributed by atoms with E-state index in [1.165, 1.54) is 24.3 Å². The SMILES string of the molecule is NCc1cc(Oc2ccc(F)c(Cl)c2)ccc1C(F)(F)F. The van der Waals surface area contributed by atoms with E-state index in [1.807, 2.05) is 0 Å². The first-order valence-corrected chi connectivity index (χ1v) is 6.22. The van der Waals surface area contributed by atoms with Crippen LogP contribution in [0.2, 0.25) is 5.02 Å². The summed E-state index contributed by atoms with van der Waals surface area (Å²) in [6.45, 7) is -0.282. The third-order valence-corrected chi connectivity index (χ3v) is 3.02. The molecule has 0 saturated heterocycles. The molecule has 0 amide bonds. The van der Waals surface area contributed by atoms with Crippen molar-refractivity contribution in [3.05, 3.63) is 58.4 Å². The maximum Gasteiger partial charge on any atom is 0.416 e. The van der Waals surface area contributed by atoms with Crippen LogP contribution in [0.3, 0.4) is 0 Å². The minimum atomic E-state index is -4.48. The Morgan fingerprint density at radius 2 is 1.67 bits per heavy atom. The first kappa shape index (κ1) is 15.6. The van der Waals surface area contributed by atoms with Crippen LogP contribution in [0.1, 0.15) is 11.1 Å². The molecule has 112 valence electrons. The van der Waals surface area contributed by atoms with Crippen LogP contribution in [-0.2, 0) is 12.7 Å². The van der Waals surface area contributed by atoms with E-state index in [0.29, 0.717) is 0 Å². The molecule has 2 aromatic carbocycles. The summed E-state index contributed by atoms with van der Waals surface area (Å²) in [6, 6.07) is 6.91. The van der Waals surface area contributed by atoms with Gasteiger partial charge in [-0.3, -0.25) is 0 Å². The lowest BCUT2D eigenvalue weighted by atomic mass is 10.1.